The summed E-state index contributed by atoms with van der Waals surface area (Å²) in [5.74, 6) is 4.84. The van der Waals surface area contributed by atoms with E-state index in [2.05, 4.69) is 43.6 Å². The Kier molecular flexibility index (Phi) is 7.24. The minimum absolute atomic E-state index is 0.0491. The Morgan fingerprint density at radius 3 is 2.56 bits per heavy atom. The third kappa shape index (κ3) is 5.43. The van der Waals surface area contributed by atoms with Crippen LogP contribution in [-0.2, 0) is 0 Å². The van der Waals surface area contributed by atoms with Crippen LogP contribution in [0.15, 0.2) is 48.7 Å². The number of amides is 1. The van der Waals surface area contributed by atoms with Crippen molar-refractivity contribution >= 4 is 29.1 Å². The van der Waals surface area contributed by atoms with Gasteiger partial charge in [-0.3, -0.25) is 4.79 Å². The molecule has 0 unspecified atom stereocenters. The van der Waals surface area contributed by atoms with Crippen LogP contribution < -0.4 is 16.4 Å². The monoisotopic (exact) mass is 543 g/mol. The molecule has 5 N–H and O–H groups in total. The fourth-order valence-corrected chi connectivity index (χ4v) is 4.81. The number of carbonyl (C=O) groups excluding carboxylic acids is 1. The number of hydrogen-bond donors (Lipinski definition) is 3. The highest BCUT2D eigenvalue weighted by molar-refractivity contribution is 6.31. The second-order valence-electron chi connectivity index (χ2n) is 9.45. The van der Waals surface area contributed by atoms with Crippen molar-refractivity contribution in [2.45, 2.75) is 6.92 Å². The Morgan fingerprint density at radius 2 is 1.85 bits per heavy atom. The molecule has 1 saturated heterocycles. The van der Waals surface area contributed by atoms with Crippen LogP contribution in [0.5, 0.6) is 0 Å². The number of nitrogens with two attached hydrogens (primary N) is 2. The quantitative estimate of drug-likeness (QED) is 0.334. The number of rotatable bonds is 4. The SMILES string of the molecule is Cc1ccc(Cl)cc1-c1[nH]c(-c2ccnc(N)n2)c(C#Cc2cc(N3CCN(C)CC3)ccc2F)c1C(N)=O. The fourth-order valence-electron chi connectivity index (χ4n) is 4.64. The van der Waals surface area contributed by atoms with E-state index in [1.807, 2.05) is 13.0 Å². The topological polar surface area (TPSA) is 117 Å². The van der Waals surface area contributed by atoms with Gasteiger partial charge in [-0.1, -0.05) is 29.5 Å². The summed E-state index contributed by atoms with van der Waals surface area (Å²) in [4.78, 5) is 28.8. The average Bonchev–Trinajstić information content (AvgIpc) is 3.30. The van der Waals surface area contributed by atoms with Gasteiger partial charge in [-0.15, -0.1) is 0 Å². The lowest BCUT2D eigenvalue weighted by atomic mass is 9.99. The number of benzene rings is 2. The molecule has 3 heterocycles. The van der Waals surface area contributed by atoms with E-state index < -0.39 is 11.7 Å². The van der Waals surface area contributed by atoms with E-state index in [0.717, 1.165) is 37.4 Å². The van der Waals surface area contributed by atoms with E-state index in [1.54, 1.807) is 30.3 Å². The van der Waals surface area contributed by atoms with Crippen molar-refractivity contribution in [3.8, 4) is 34.5 Å². The van der Waals surface area contributed by atoms with Crippen molar-refractivity contribution in [2.24, 2.45) is 5.73 Å². The smallest absolute Gasteiger partial charge is 0.252 e. The van der Waals surface area contributed by atoms with E-state index in [1.165, 1.54) is 12.3 Å². The first-order valence-corrected chi connectivity index (χ1v) is 12.8. The van der Waals surface area contributed by atoms with Crippen LogP contribution in [0.3, 0.4) is 0 Å². The van der Waals surface area contributed by atoms with Gasteiger partial charge in [0.15, 0.2) is 0 Å². The highest BCUT2D eigenvalue weighted by atomic mass is 35.5. The number of aromatic amines is 1. The second-order valence-corrected chi connectivity index (χ2v) is 9.89. The first-order valence-electron chi connectivity index (χ1n) is 12.4. The summed E-state index contributed by atoms with van der Waals surface area (Å²) in [6, 6.07) is 11.9. The van der Waals surface area contributed by atoms with Crippen LogP contribution in [0, 0.1) is 24.6 Å². The molecule has 0 aliphatic carbocycles. The molecule has 0 radical (unpaired) electrons. The number of hydrogen-bond acceptors (Lipinski definition) is 6. The molecule has 0 saturated carbocycles. The molecular formula is C29H27ClFN7O. The summed E-state index contributed by atoms with van der Waals surface area (Å²) in [5, 5.41) is 0.490. The highest BCUT2D eigenvalue weighted by Crippen LogP contribution is 2.35. The lowest BCUT2D eigenvalue weighted by molar-refractivity contribution is 0.100. The molecule has 0 spiro atoms. The van der Waals surface area contributed by atoms with Gasteiger partial charge in [-0.2, -0.15) is 0 Å². The van der Waals surface area contributed by atoms with Gasteiger partial charge in [0.05, 0.1) is 33.8 Å². The number of piperazine rings is 1. The second kappa shape index (κ2) is 10.8. The van der Waals surface area contributed by atoms with Gasteiger partial charge in [-0.25, -0.2) is 14.4 Å². The molecule has 2 aromatic carbocycles. The number of aromatic nitrogens is 3. The Morgan fingerprint density at radius 1 is 1.08 bits per heavy atom. The number of carbonyl (C=O) groups is 1. The van der Waals surface area contributed by atoms with E-state index in [0.29, 0.717) is 27.7 Å². The van der Waals surface area contributed by atoms with Gasteiger partial charge in [-0.05, 0) is 55.9 Å². The molecule has 5 rings (SSSR count). The summed E-state index contributed by atoms with van der Waals surface area (Å²) in [6.45, 7) is 5.40. The fraction of sp³-hybridized carbons (Fsp3) is 0.207. The lowest BCUT2D eigenvalue weighted by Crippen LogP contribution is -2.44. The number of nitrogen functional groups attached to an aromatic ring is 1. The molecule has 4 aromatic rings. The minimum Gasteiger partial charge on any atom is -0.369 e. The molecule has 39 heavy (non-hydrogen) atoms. The number of aryl methyl sites for hydroxylation is 1. The van der Waals surface area contributed by atoms with Gasteiger partial charge in [0.2, 0.25) is 5.95 Å². The zero-order valence-electron chi connectivity index (χ0n) is 21.6. The molecule has 2 aromatic heterocycles. The van der Waals surface area contributed by atoms with Gasteiger partial charge < -0.3 is 26.3 Å². The predicted molar refractivity (Wildman–Crippen MR) is 152 cm³/mol. The van der Waals surface area contributed by atoms with Crippen LogP contribution in [0.2, 0.25) is 5.02 Å². The van der Waals surface area contributed by atoms with E-state index >= 15 is 0 Å². The average molecular weight is 544 g/mol. The van der Waals surface area contributed by atoms with E-state index in [9.17, 15) is 9.18 Å². The van der Waals surface area contributed by atoms with Crippen LogP contribution in [0.1, 0.15) is 27.0 Å². The van der Waals surface area contributed by atoms with Gasteiger partial charge in [0.25, 0.3) is 5.91 Å². The molecule has 10 heteroatoms. The van der Waals surface area contributed by atoms with Crippen LogP contribution in [0.4, 0.5) is 16.0 Å². The van der Waals surface area contributed by atoms with Gasteiger partial charge in [0, 0.05) is 48.6 Å². The molecule has 0 bridgehead atoms. The number of nitrogens with zero attached hydrogens (tertiary/aromatic N) is 4. The van der Waals surface area contributed by atoms with Crippen molar-refractivity contribution in [3.63, 3.8) is 0 Å². The number of H-pyrrole nitrogens is 1. The Hall–Kier alpha value is -4.39. The first kappa shape index (κ1) is 26.2. The molecule has 1 aliphatic rings. The number of likely N-dealkylation sites (N-methyl/N-ethyl adjacent to an activating group) is 1. The third-order valence-corrected chi connectivity index (χ3v) is 7.02. The maximum Gasteiger partial charge on any atom is 0.252 e. The lowest BCUT2D eigenvalue weighted by Gasteiger charge is -2.34. The largest absolute Gasteiger partial charge is 0.369 e. The van der Waals surface area contributed by atoms with Crippen molar-refractivity contribution in [1.29, 1.82) is 0 Å². The zero-order chi connectivity index (χ0) is 27.7. The van der Waals surface area contributed by atoms with E-state index in [-0.39, 0.29) is 22.6 Å². The van der Waals surface area contributed by atoms with E-state index in [4.69, 9.17) is 23.1 Å². The van der Waals surface area contributed by atoms with Crippen molar-refractivity contribution in [3.05, 3.63) is 81.8 Å². The molecule has 0 atom stereocenters. The summed E-state index contributed by atoms with van der Waals surface area (Å²) in [6.07, 6.45) is 1.50. The molecule has 1 amide bonds. The molecule has 1 aliphatic heterocycles. The summed E-state index contributed by atoms with van der Waals surface area (Å²) in [5.41, 5.74) is 16.1. The molecule has 8 nitrogen and oxygen atoms in total. The van der Waals surface area contributed by atoms with Crippen molar-refractivity contribution in [1.82, 2.24) is 19.9 Å². The molecule has 198 valence electrons. The first-order chi connectivity index (χ1) is 18.7. The van der Waals surface area contributed by atoms with Gasteiger partial charge >= 0.3 is 0 Å². The number of halogens is 2. The molecular weight excluding hydrogens is 517 g/mol. The Bertz CT molecular complexity index is 1630. The van der Waals surface area contributed by atoms with Crippen LogP contribution in [0.25, 0.3) is 22.6 Å². The summed E-state index contributed by atoms with van der Waals surface area (Å²) >= 11 is 6.28. The molecule has 1 fully saturated rings. The third-order valence-electron chi connectivity index (χ3n) is 6.79. The van der Waals surface area contributed by atoms with Crippen LogP contribution >= 0.6 is 11.6 Å². The van der Waals surface area contributed by atoms with Crippen molar-refractivity contribution in [2.75, 3.05) is 43.9 Å². The van der Waals surface area contributed by atoms with Gasteiger partial charge in [0.1, 0.15) is 5.82 Å². The predicted octanol–water partition coefficient (Wildman–Crippen LogP) is 4.07. The number of anilines is 2. The maximum absolute atomic E-state index is 14.9. The minimum atomic E-state index is -0.704. The normalized spacial score (nSPS) is 13.7. The zero-order valence-corrected chi connectivity index (χ0v) is 22.3. The number of primary amides is 1. The summed E-state index contributed by atoms with van der Waals surface area (Å²) in [7, 11) is 2.08. The van der Waals surface area contributed by atoms with Crippen molar-refractivity contribution < 1.29 is 9.18 Å². The van der Waals surface area contributed by atoms with Crippen LogP contribution in [-0.4, -0.2) is 59.0 Å². The number of nitrogens with one attached hydrogen (secondary N) is 1. The highest BCUT2D eigenvalue weighted by Gasteiger charge is 2.25. The Balaban J connectivity index is 1.68. The maximum atomic E-state index is 14.9. The standard InChI is InChI=1S/C29H27ClFN7O/c1-17-3-5-19(30)16-22(17)27-25(28(32)39)21(26(36-27)24-9-10-34-29(33)35-24)7-4-18-15-20(6-8-23(18)31)38-13-11-37(2)12-14-38/h3,5-6,8-10,15-16,36H,11-14H2,1-2H3,(H2,32,39)(H2,33,34,35). The summed E-state index contributed by atoms with van der Waals surface area (Å²) < 4.78 is 14.9. The Labute approximate surface area is 230 Å².